The molecule has 2 rings (SSSR count). The molecule has 2 aromatic rings. The van der Waals surface area contributed by atoms with Crippen molar-refractivity contribution < 1.29 is 4.74 Å². The Morgan fingerprint density at radius 3 is 2.63 bits per heavy atom. The van der Waals surface area contributed by atoms with Gasteiger partial charge in [-0.2, -0.15) is 0 Å². The number of aromatic nitrogens is 1. The van der Waals surface area contributed by atoms with Crippen molar-refractivity contribution in [3.8, 4) is 5.88 Å². The fourth-order valence-corrected chi connectivity index (χ4v) is 2.00. The highest BCUT2D eigenvalue weighted by molar-refractivity contribution is 5.89. The van der Waals surface area contributed by atoms with Crippen LogP contribution in [0.5, 0.6) is 5.88 Å². The minimum atomic E-state index is 0.648. The Kier molecular flexibility index (Phi) is 4.71. The number of ether oxygens (including phenoxy) is 1. The lowest BCUT2D eigenvalue weighted by Gasteiger charge is -2.13. The van der Waals surface area contributed by atoms with Crippen LogP contribution in [0.4, 0.5) is 0 Å². The molecule has 0 bridgehead atoms. The summed E-state index contributed by atoms with van der Waals surface area (Å²) in [5.41, 5.74) is 1.19. The van der Waals surface area contributed by atoms with Crippen LogP contribution in [-0.4, -0.2) is 44.2 Å². The largest absolute Gasteiger partial charge is 0.476 e. The summed E-state index contributed by atoms with van der Waals surface area (Å²) in [4.78, 5) is 6.54. The van der Waals surface area contributed by atoms with E-state index in [0.29, 0.717) is 6.61 Å². The molecule has 1 heterocycles. The van der Waals surface area contributed by atoms with Crippen LogP contribution in [0.2, 0.25) is 0 Å². The summed E-state index contributed by atoms with van der Waals surface area (Å²) in [6.45, 7) is 2.34. The molecule has 102 valence electrons. The lowest BCUT2D eigenvalue weighted by molar-refractivity contribution is 0.256. The van der Waals surface area contributed by atoms with Gasteiger partial charge in [0, 0.05) is 24.7 Å². The number of rotatable bonds is 6. The normalized spacial score (nSPS) is 11.2. The van der Waals surface area contributed by atoms with Crippen molar-refractivity contribution in [2.24, 2.45) is 0 Å². The molecule has 0 saturated carbocycles. The number of fused-ring (bicyclic) bond motifs is 1. The minimum Gasteiger partial charge on any atom is -0.476 e. The van der Waals surface area contributed by atoms with Crippen molar-refractivity contribution in [1.82, 2.24) is 15.2 Å². The molecule has 4 nitrogen and oxygen atoms in total. The molecule has 0 radical (unpaired) electrons. The zero-order valence-corrected chi connectivity index (χ0v) is 11.8. The van der Waals surface area contributed by atoms with E-state index in [1.807, 2.05) is 39.5 Å². The molecule has 0 aliphatic heterocycles. The van der Waals surface area contributed by atoms with Crippen LogP contribution in [0, 0.1) is 0 Å². The number of hydrogen-bond donors (Lipinski definition) is 1. The van der Waals surface area contributed by atoms with Gasteiger partial charge in [-0.05, 0) is 38.2 Å². The van der Waals surface area contributed by atoms with Gasteiger partial charge in [0.1, 0.15) is 6.61 Å². The smallest absolute Gasteiger partial charge is 0.221 e. The van der Waals surface area contributed by atoms with E-state index in [2.05, 4.69) is 27.3 Å². The van der Waals surface area contributed by atoms with Crippen LogP contribution >= 0.6 is 0 Å². The van der Waals surface area contributed by atoms with E-state index in [1.165, 1.54) is 10.9 Å². The van der Waals surface area contributed by atoms with Gasteiger partial charge in [-0.3, -0.25) is 0 Å². The molecule has 0 atom stereocenters. The van der Waals surface area contributed by atoms with Crippen LogP contribution < -0.4 is 10.1 Å². The summed E-state index contributed by atoms with van der Waals surface area (Å²) in [5, 5.41) is 5.44. The first-order chi connectivity index (χ1) is 9.22. The van der Waals surface area contributed by atoms with Gasteiger partial charge >= 0.3 is 0 Å². The third-order valence-electron chi connectivity index (χ3n) is 2.99. The number of nitrogens with one attached hydrogen (secondary N) is 1. The molecule has 0 unspecified atom stereocenters. The van der Waals surface area contributed by atoms with Crippen LogP contribution in [-0.2, 0) is 6.54 Å². The molecule has 1 N–H and O–H groups in total. The lowest BCUT2D eigenvalue weighted by atomic mass is 10.1. The standard InChI is InChI=1S/C15H21N3O/c1-16-10-12-11-17-15(19-9-8-18(2)3)14-7-5-4-6-13(12)14/h4-7,11,16H,8-10H2,1-3H3. The summed E-state index contributed by atoms with van der Waals surface area (Å²) >= 11 is 0. The van der Waals surface area contributed by atoms with Crippen molar-refractivity contribution in [3.05, 3.63) is 36.0 Å². The highest BCUT2D eigenvalue weighted by atomic mass is 16.5. The highest BCUT2D eigenvalue weighted by Gasteiger charge is 2.07. The minimum absolute atomic E-state index is 0.648. The first-order valence-corrected chi connectivity index (χ1v) is 6.51. The molecule has 0 aliphatic carbocycles. The van der Waals surface area contributed by atoms with E-state index in [4.69, 9.17) is 4.74 Å². The Morgan fingerprint density at radius 1 is 1.21 bits per heavy atom. The SMILES string of the molecule is CNCc1cnc(OCCN(C)C)c2ccccc12. The van der Waals surface area contributed by atoms with E-state index >= 15 is 0 Å². The lowest BCUT2D eigenvalue weighted by Crippen LogP contribution is -2.19. The van der Waals surface area contributed by atoms with Crippen molar-refractivity contribution in [2.75, 3.05) is 34.3 Å². The van der Waals surface area contributed by atoms with E-state index in [0.717, 1.165) is 24.4 Å². The Morgan fingerprint density at radius 2 is 1.95 bits per heavy atom. The summed E-state index contributed by atoms with van der Waals surface area (Å²) in [6.07, 6.45) is 1.89. The van der Waals surface area contributed by atoms with Crippen LogP contribution in [0.1, 0.15) is 5.56 Å². The Hall–Kier alpha value is -1.65. The first-order valence-electron chi connectivity index (χ1n) is 6.51. The Balaban J connectivity index is 2.27. The monoisotopic (exact) mass is 259 g/mol. The quantitative estimate of drug-likeness (QED) is 0.859. The second-order valence-electron chi connectivity index (χ2n) is 4.82. The van der Waals surface area contributed by atoms with Crippen LogP contribution in [0.15, 0.2) is 30.5 Å². The number of benzene rings is 1. The molecule has 1 aromatic carbocycles. The van der Waals surface area contributed by atoms with Gasteiger partial charge < -0.3 is 15.0 Å². The highest BCUT2D eigenvalue weighted by Crippen LogP contribution is 2.25. The molecule has 1 aromatic heterocycles. The maximum absolute atomic E-state index is 5.79. The summed E-state index contributed by atoms with van der Waals surface area (Å²) in [6, 6.07) is 8.24. The van der Waals surface area contributed by atoms with E-state index < -0.39 is 0 Å². The number of nitrogens with zero attached hydrogens (tertiary/aromatic N) is 2. The molecule has 0 amide bonds. The molecule has 19 heavy (non-hydrogen) atoms. The topological polar surface area (TPSA) is 37.4 Å². The zero-order valence-electron chi connectivity index (χ0n) is 11.8. The zero-order chi connectivity index (χ0) is 13.7. The molecule has 0 aliphatic rings. The van der Waals surface area contributed by atoms with E-state index in [9.17, 15) is 0 Å². The van der Waals surface area contributed by atoms with Crippen LogP contribution in [0.25, 0.3) is 10.8 Å². The summed E-state index contributed by atoms with van der Waals surface area (Å²) < 4.78 is 5.79. The van der Waals surface area contributed by atoms with Crippen molar-refractivity contribution >= 4 is 10.8 Å². The fraction of sp³-hybridized carbons (Fsp3) is 0.400. The predicted molar refractivity (Wildman–Crippen MR) is 78.6 cm³/mol. The van der Waals surface area contributed by atoms with Gasteiger partial charge in [0.25, 0.3) is 0 Å². The third-order valence-corrected chi connectivity index (χ3v) is 2.99. The average Bonchev–Trinajstić information content (AvgIpc) is 2.41. The maximum Gasteiger partial charge on any atom is 0.221 e. The molecule has 0 saturated heterocycles. The first kappa shape index (κ1) is 13.8. The van der Waals surface area contributed by atoms with Crippen LogP contribution in [0.3, 0.4) is 0 Å². The van der Waals surface area contributed by atoms with Gasteiger partial charge in [-0.1, -0.05) is 18.2 Å². The Bertz CT molecular complexity index is 540. The van der Waals surface area contributed by atoms with E-state index in [1.54, 1.807) is 0 Å². The van der Waals surface area contributed by atoms with Gasteiger partial charge in [-0.25, -0.2) is 4.98 Å². The van der Waals surface area contributed by atoms with Crippen molar-refractivity contribution in [2.45, 2.75) is 6.54 Å². The maximum atomic E-state index is 5.79. The second kappa shape index (κ2) is 6.50. The molecule has 4 heteroatoms. The summed E-state index contributed by atoms with van der Waals surface area (Å²) in [5.74, 6) is 0.720. The van der Waals surface area contributed by atoms with Gasteiger partial charge in [0.05, 0.1) is 0 Å². The van der Waals surface area contributed by atoms with Gasteiger partial charge in [0.15, 0.2) is 0 Å². The van der Waals surface area contributed by atoms with Crippen molar-refractivity contribution in [3.63, 3.8) is 0 Å². The average molecular weight is 259 g/mol. The molecular formula is C15H21N3O. The Labute approximate surface area is 114 Å². The van der Waals surface area contributed by atoms with Crippen molar-refractivity contribution in [1.29, 1.82) is 0 Å². The number of hydrogen-bond acceptors (Lipinski definition) is 4. The third kappa shape index (κ3) is 3.43. The summed E-state index contributed by atoms with van der Waals surface area (Å²) in [7, 11) is 6.01. The molecule has 0 fully saturated rings. The fourth-order valence-electron chi connectivity index (χ4n) is 2.00. The second-order valence-corrected chi connectivity index (χ2v) is 4.82. The van der Waals surface area contributed by atoms with Gasteiger partial charge in [-0.15, -0.1) is 0 Å². The number of pyridine rings is 1. The molecule has 0 spiro atoms. The number of likely N-dealkylation sites (N-methyl/N-ethyl adjacent to an activating group) is 1. The predicted octanol–water partition coefficient (Wildman–Crippen LogP) is 1.89. The van der Waals surface area contributed by atoms with Gasteiger partial charge in [0.2, 0.25) is 5.88 Å². The van der Waals surface area contributed by atoms with E-state index in [-0.39, 0.29) is 0 Å². The molecular weight excluding hydrogens is 238 g/mol.